The zero-order valence-corrected chi connectivity index (χ0v) is 20.6. The highest BCUT2D eigenvalue weighted by atomic mass is 15.1. The van der Waals surface area contributed by atoms with Crippen LogP contribution in [0.1, 0.15) is 55.1 Å². The molecule has 2 unspecified atom stereocenters. The lowest BCUT2D eigenvalue weighted by Gasteiger charge is -2.29. The van der Waals surface area contributed by atoms with Gasteiger partial charge in [-0.3, -0.25) is 0 Å². The molecule has 5 aromatic carbocycles. The van der Waals surface area contributed by atoms with Crippen LogP contribution in [0.25, 0.3) is 21.9 Å². The molecule has 0 heterocycles. The number of anilines is 3. The average Bonchev–Trinajstić information content (AvgIpc) is 3.30. The standard InChI is InChI=1S/C35H31N/c1-3-12-28(13-4-1)36(29-14-5-2-6-15-29)35-23-22-31(32-16-7-8-17-33(32)35)27-20-21-30-25-10-9-11-26(19-18-25)34(30)24-27/h1-8,12-17,20-26H,9-11,18-19H2. The summed E-state index contributed by atoms with van der Waals surface area (Å²) in [7, 11) is 0. The van der Waals surface area contributed by atoms with E-state index in [4.69, 9.17) is 0 Å². The van der Waals surface area contributed by atoms with E-state index in [9.17, 15) is 0 Å². The van der Waals surface area contributed by atoms with Gasteiger partial charge in [0.15, 0.2) is 0 Å². The van der Waals surface area contributed by atoms with E-state index >= 15 is 0 Å². The van der Waals surface area contributed by atoms with Crippen LogP contribution in [0.3, 0.4) is 0 Å². The van der Waals surface area contributed by atoms with Crippen LogP contribution in [-0.2, 0) is 0 Å². The van der Waals surface area contributed by atoms with E-state index in [0.717, 1.165) is 11.8 Å². The van der Waals surface area contributed by atoms with Crippen LogP contribution in [0.5, 0.6) is 0 Å². The van der Waals surface area contributed by atoms with Crippen molar-refractivity contribution in [3.8, 4) is 11.1 Å². The molecular weight excluding hydrogens is 434 g/mol. The van der Waals surface area contributed by atoms with Crippen molar-refractivity contribution < 1.29 is 0 Å². The van der Waals surface area contributed by atoms with Crippen molar-refractivity contribution in [3.05, 3.63) is 126 Å². The Bertz CT molecular complexity index is 1480. The Morgan fingerprint density at radius 1 is 0.500 bits per heavy atom. The molecule has 2 atom stereocenters. The van der Waals surface area contributed by atoms with Crippen LogP contribution in [0.15, 0.2) is 115 Å². The van der Waals surface area contributed by atoms with E-state index in [1.165, 1.54) is 71.1 Å². The fourth-order valence-corrected chi connectivity index (χ4v) is 6.70. The maximum atomic E-state index is 2.53. The number of hydrogen-bond donors (Lipinski definition) is 0. The van der Waals surface area contributed by atoms with E-state index in [0.29, 0.717) is 0 Å². The van der Waals surface area contributed by atoms with Gasteiger partial charge in [-0.2, -0.15) is 0 Å². The van der Waals surface area contributed by atoms with Crippen molar-refractivity contribution >= 4 is 27.8 Å². The van der Waals surface area contributed by atoms with E-state index < -0.39 is 0 Å². The molecular formula is C35H31N. The minimum atomic E-state index is 0.746. The summed E-state index contributed by atoms with van der Waals surface area (Å²) in [6, 6.07) is 42.3. The summed E-state index contributed by atoms with van der Waals surface area (Å²) >= 11 is 0. The molecule has 0 radical (unpaired) electrons. The molecule has 0 saturated heterocycles. The Kier molecular flexibility index (Phi) is 5.35. The molecule has 0 aliphatic heterocycles. The molecule has 0 aromatic heterocycles. The number of fused-ring (bicyclic) bond motifs is 4. The Balaban J connectivity index is 1.40. The molecule has 0 spiro atoms. The zero-order valence-electron chi connectivity index (χ0n) is 20.6. The topological polar surface area (TPSA) is 3.24 Å². The minimum absolute atomic E-state index is 0.746. The summed E-state index contributed by atoms with van der Waals surface area (Å²) < 4.78 is 0. The van der Waals surface area contributed by atoms with Gasteiger partial charge in [0.25, 0.3) is 0 Å². The lowest BCUT2D eigenvalue weighted by atomic mass is 9.77. The van der Waals surface area contributed by atoms with Crippen molar-refractivity contribution in [1.82, 2.24) is 0 Å². The van der Waals surface area contributed by atoms with E-state index in [-0.39, 0.29) is 0 Å². The second-order valence-corrected chi connectivity index (χ2v) is 10.4. The molecule has 36 heavy (non-hydrogen) atoms. The van der Waals surface area contributed by atoms with Gasteiger partial charge in [-0.15, -0.1) is 0 Å². The zero-order chi connectivity index (χ0) is 23.9. The fraction of sp³-hybridized carbons (Fsp3) is 0.200. The third kappa shape index (κ3) is 3.62. The van der Waals surface area contributed by atoms with E-state index in [2.05, 4.69) is 120 Å². The monoisotopic (exact) mass is 465 g/mol. The van der Waals surface area contributed by atoms with Crippen LogP contribution in [0, 0.1) is 0 Å². The first-order chi connectivity index (χ1) is 17.9. The largest absolute Gasteiger partial charge is 0.310 e. The Morgan fingerprint density at radius 2 is 1.11 bits per heavy atom. The molecule has 176 valence electrons. The highest BCUT2D eigenvalue weighted by Gasteiger charge is 2.30. The van der Waals surface area contributed by atoms with Crippen molar-refractivity contribution in [2.75, 3.05) is 4.90 Å². The molecule has 8 rings (SSSR count). The lowest BCUT2D eigenvalue weighted by molar-refractivity contribution is 0.527. The van der Waals surface area contributed by atoms with Gasteiger partial charge in [-0.25, -0.2) is 0 Å². The molecule has 1 heteroatoms. The summed E-state index contributed by atoms with van der Waals surface area (Å²) in [5.41, 5.74) is 9.50. The lowest BCUT2D eigenvalue weighted by Crippen LogP contribution is -2.11. The number of nitrogens with zero attached hydrogens (tertiary/aromatic N) is 1. The van der Waals surface area contributed by atoms with Gasteiger partial charge in [-0.1, -0.05) is 91.3 Å². The number of para-hydroxylation sites is 2. The molecule has 5 aromatic rings. The molecule has 1 saturated carbocycles. The van der Waals surface area contributed by atoms with Crippen LogP contribution in [0.2, 0.25) is 0 Å². The highest BCUT2D eigenvalue weighted by Crippen LogP contribution is 2.49. The smallest absolute Gasteiger partial charge is 0.0540 e. The maximum absolute atomic E-state index is 2.53. The fourth-order valence-electron chi connectivity index (χ4n) is 6.70. The van der Waals surface area contributed by atoms with E-state index in [1.807, 2.05) is 0 Å². The first-order valence-corrected chi connectivity index (χ1v) is 13.4. The Morgan fingerprint density at radius 3 is 1.81 bits per heavy atom. The van der Waals surface area contributed by atoms with Gasteiger partial charge < -0.3 is 4.90 Å². The molecule has 3 aliphatic carbocycles. The normalized spacial score (nSPS) is 18.6. The summed E-state index contributed by atoms with van der Waals surface area (Å²) in [6.45, 7) is 0. The van der Waals surface area contributed by atoms with Crippen LogP contribution < -0.4 is 4.90 Å². The first kappa shape index (κ1) is 21.4. The SMILES string of the molecule is c1ccc(N(c2ccccc2)c2ccc(-c3ccc4c(c3)C3CCCC4CC3)c3ccccc23)cc1. The van der Waals surface area contributed by atoms with Crippen LogP contribution in [0.4, 0.5) is 17.1 Å². The maximum Gasteiger partial charge on any atom is 0.0540 e. The molecule has 3 aliphatic rings. The predicted octanol–water partition coefficient (Wildman–Crippen LogP) is 10.1. The minimum Gasteiger partial charge on any atom is -0.310 e. The van der Waals surface area contributed by atoms with Crippen molar-refractivity contribution in [2.45, 2.75) is 43.9 Å². The van der Waals surface area contributed by atoms with Crippen molar-refractivity contribution in [1.29, 1.82) is 0 Å². The number of rotatable bonds is 4. The summed E-state index contributed by atoms with van der Waals surface area (Å²) in [4.78, 5) is 2.38. The average molecular weight is 466 g/mol. The number of hydrogen-bond acceptors (Lipinski definition) is 1. The molecule has 0 amide bonds. The van der Waals surface area contributed by atoms with Gasteiger partial charge in [0.05, 0.1) is 5.69 Å². The van der Waals surface area contributed by atoms with Crippen LogP contribution >= 0.6 is 0 Å². The molecule has 1 nitrogen and oxygen atoms in total. The second-order valence-electron chi connectivity index (χ2n) is 10.4. The molecule has 0 N–H and O–H groups in total. The van der Waals surface area contributed by atoms with E-state index in [1.54, 1.807) is 11.1 Å². The second kappa shape index (κ2) is 8.99. The summed E-state index contributed by atoms with van der Waals surface area (Å²) in [5, 5.41) is 2.59. The quantitative estimate of drug-likeness (QED) is 0.255. The van der Waals surface area contributed by atoms with Gasteiger partial charge in [-0.05, 0) is 95.5 Å². The summed E-state index contributed by atoms with van der Waals surface area (Å²) in [5.74, 6) is 1.52. The van der Waals surface area contributed by atoms with Crippen LogP contribution in [-0.4, -0.2) is 0 Å². The van der Waals surface area contributed by atoms with Gasteiger partial charge in [0.2, 0.25) is 0 Å². The third-order valence-electron chi connectivity index (χ3n) is 8.42. The number of benzene rings is 5. The highest BCUT2D eigenvalue weighted by molar-refractivity contribution is 6.06. The third-order valence-corrected chi connectivity index (χ3v) is 8.42. The van der Waals surface area contributed by atoms with Gasteiger partial charge in [0, 0.05) is 16.8 Å². The summed E-state index contributed by atoms with van der Waals surface area (Å²) in [6.07, 6.45) is 6.85. The first-order valence-electron chi connectivity index (χ1n) is 13.4. The Labute approximate surface area is 214 Å². The van der Waals surface area contributed by atoms with Gasteiger partial charge >= 0.3 is 0 Å². The molecule has 1 fully saturated rings. The molecule has 2 bridgehead atoms. The van der Waals surface area contributed by atoms with Crippen molar-refractivity contribution in [3.63, 3.8) is 0 Å². The Hall–Kier alpha value is -3.84. The van der Waals surface area contributed by atoms with Crippen molar-refractivity contribution in [2.24, 2.45) is 0 Å². The van der Waals surface area contributed by atoms with Gasteiger partial charge in [0.1, 0.15) is 0 Å². The predicted molar refractivity (Wildman–Crippen MR) is 153 cm³/mol.